The van der Waals surface area contributed by atoms with Crippen molar-refractivity contribution in [2.75, 3.05) is 23.8 Å². The number of hydrogen-bond donors (Lipinski definition) is 1. The van der Waals surface area contributed by atoms with Crippen molar-refractivity contribution >= 4 is 17.5 Å². The van der Waals surface area contributed by atoms with Gasteiger partial charge in [-0.2, -0.15) is 0 Å². The lowest BCUT2D eigenvalue weighted by molar-refractivity contribution is 0.0819. The highest BCUT2D eigenvalue weighted by molar-refractivity contribution is 5.88. The second kappa shape index (κ2) is 3.91. The van der Waals surface area contributed by atoms with Crippen LogP contribution in [0.1, 0.15) is 13.8 Å². The molecule has 1 aromatic carbocycles. The molecule has 1 aromatic rings. The molecule has 0 bridgehead atoms. The Bertz CT molecular complexity index is 460. The van der Waals surface area contributed by atoms with Gasteiger partial charge in [-0.25, -0.2) is 9.18 Å². The van der Waals surface area contributed by atoms with Crippen molar-refractivity contribution in [2.24, 2.45) is 5.41 Å². The zero-order chi connectivity index (χ0) is 12.6. The predicted molar refractivity (Wildman–Crippen MR) is 63.3 cm³/mol. The van der Waals surface area contributed by atoms with E-state index in [0.29, 0.717) is 18.8 Å². The maximum Gasteiger partial charge on any atom is 0.414 e. The minimum atomic E-state index is -0.520. The Kier molecular flexibility index (Phi) is 2.69. The Morgan fingerprint density at radius 2 is 2.18 bits per heavy atom. The van der Waals surface area contributed by atoms with Crippen LogP contribution in [0.4, 0.5) is 20.6 Å². The Morgan fingerprint density at radius 3 is 2.82 bits per heavy atom. The Morgan fingerprint density at radius 1 is 1.47 bits per heavy atom. The van der Waals surface area contributed by atoms with Gasteiger partial charge in [0.1, 0.15) is 5.82 Å². The van der Waals surface area contributed by atoms with Crippen LogP contribution in [-0.4, -0.2) is 19.2 Å². The van der Waals surface area contributed by atoms with Gasteiger partial charge in [0.25, 0.3) is 0 Å². The van der Waals surface area contributed by atoms with E-state index < -0.39 is 11.9 Å². The van der Waals surface area contributed by atoms with E-state index in [1.54, 1.807) is 6.07 Å². The summed E-state index contributed by atoms with van der Waals surface area (Å²) in [6.07, 6.45) is -0.520. The third-order valence-electron chi connectivity index (χ3n) is 2.66. The molecule has 0 aromatic heterocycles. The summed E-state index contributed by atoms with van der Waals surface area (Å²) in [6, 6.07) is 4.25. The van der Waals surface area contributed by atoms with Gasteiger partial charge in [0.05, 0.1) is 12.3 Å². The molecule has 1 heterocycles. The Balaban J connectivity index is 2.34. The summed E-state index contributed by atoms with van der Waals surface area (Å²) in [7, 11) is 0. The number of hydrogen-bond acceptors (Lipinski definition) is 3. The lowest BCUT2D eigenvalue weighted by Crippen LogP contribution is -2.47. The molecule has 1 fully saturated rings. The van der Waals surface area contributed by atoms with Gasteiger partial charge in [-0.15, -0.1) is 0 Å². The van der Waals surface area contributed by atoms with Crippen LogP contribution in [0.3, 0.4) is 0 Å². The number of halogens is 1. The fourth-order valence-corrected chi connectivity index (χ4v) is 1.80. The van der Waals surface area contributed by atoms with E-state index in [2.05, 4.69) is 0 Å². The summed E-state index contributed by atoms with van der Waals surface area (Å²) in [4.78, 5) is 12.9. The monoisotopic (exact) mass is 238 g/mol. The van der Waals surface area contributed by atoms with Gasteiger partial charge >= 0.3 is 6.09 Å². The number of cyclic esters (lactones) is 1. The molecule has 2 N–H and O–H groups in total. The summed E-state index contributed by atoms with van der Waals surface area (Å²) < 4.78 is 18.8. The molecule has 2 rings (SSSR count). The highest BCUT2D eigenvalue weighted by Gasteiger charge is 2.34. The zero-order valence-corrected chi connectivity index (χ0v) is 9.87. The van der Waals surface area contributed by atoms with Gasteiger partial charge in [0.15, 0.2) is 0 Å². The van der Waals surface area contributed by atoms with E-state index in [0.717, 1.165) is 0 Å². The Labute approximate surface area is 99.2 Å². The maximum atomic E-state index is 13.7. The lowest BCUT2D eigenvalue weighted by atomic mass is 9.93. The quantitative estimate of drug-likeness (QED) is 0.764. The van der Waals surface area contributed by atoms with Crippen molar-refractivity contribution < 1.29 is 13.9 Å². The van der Waals surface area contributed by atoms with Crippen LogP contribution in [0.5, 0.6) is 0 Å². The van der Waals surface area contributed by atoms with Gasteiger partial charge in [0, 0.05) is 17.6 Å². The van der Waals surface area contributed by atoms with Crippen LogP contribution in [-0.2, 0) is 4.74 Å². The van der Waals surface area contributed by atoms with E-state index >= 15 is 0 Å². The molecule has 0 radical (unpaired) electrons. The molecular weight excluding hydrogens is 223 g/mol. The average molecular weight is 238 g/mol. The number of amides is 1. The number of ether oxygens (including phenoxy) is 1. The van der Waals surface area contributed by atoms with Crippen LogP contribution < -0.4 is 10.6 Å². The molecule has 92 valence electrons. The predicted octanol–water partition coefficient (Wildman–Crippen LogP) is 2.39. The summed E-state index contributed by atoms with van der Waals surface area (Å²) >= 11 is 0. The molecule has 0 unspecified atom stereocenters. The smallest absolute Gasteiger partial charge is 0.414 e. The number of nitrogen functional groups attached to an aromatic ring is 1. The van der Waals surface area contributed by atoms with E-state index in [1.807, 2.05) is 13.8 Å². The molecule has 1 saturated heterocycles. The summed E-state index contributed by atoms with van der Waals surface area (Å²) in [5, 5.41) is 0. The fraction of sp³-hybridized carbons (Fsp3) is 0.417. The van der Waals surface area contributed by atoms with E-state index in [9.17, 15) is 9.18 Å². The number of carbonyl (C=O) groups is 1. The molecule has 0 saturated carbocycles. The number of benzene rings is 1. The molecule has 1 aliphatic heterocycles. The highest BCUT2D eigenvalue weighted by atomic mass is 19.1. The van der Waals surface area contributed by atoms with Crippen molar-refractivity contribution in [1.29, 1.82) is 0 Å². The molecule has 4 nitrogen and oxygen atoms in total. The van der Waals surface area contributed by atoms with Crippen molar-refractivity contribution in [3.05, 3.63) is 24.0 Å². The van der Waals surface area contributed by atoms with Gasteiger partial charge in [-0.3, -0.25) is 4.90 Å². The minimum Gasteiger partial charge on any atom is -0.449 e. The summed E-state index contributed by atoms with van der Waals surface area (Å²) in [5.74, 6) is -0.514. The lowest BCUT2D eigenvalue weighted by Gasteiger charge is -2.37. The second-order valence-corrected chi connectivity index (χ2v) is 5.02. The van der Waals surface area contributed by atoms with E-state index in [1.165, 1.54) is 17.0 Å². The molecular formula is C12H15FN2O2. The molecule has 0 atom stereocenters. The van der Waals surface area contributed by atoms with Crippen LogP contribution in [0.15, 0.2) is 18.2 Å². The molecule has 0 spiro atoms. The standard InChI is InChI=1S/C12H15FN2O2/c1-12(2)6-15(11(16)17-7-12)10-4-3-8(14)5-9(10)13/h3-5H,6-7,14H2,1-2H3. The summed E-state index contributed by atoms with van der Waals surface area (Å²) in [5.41, 5.74) is 5.81. The first kappa shape index (κ1) is 11.7. The minimum absolute atomic E-state index is 0.193. The second-order valence-electron chi connectivity index (χ2n) is 5.02. The van der Waals surface area contributed by atoms with Gasteiger partial charge in [0.2, 0.25) is 0 Å². The molecule has 17 heavy (non-hydrogen) atoms. The first-order chi connectivity index (χ1) is 7.89. The topological polar surface area (TPSA) is 55.6 Å². The SMILES string of the molecule is CC1(C)COC(=O)N(c2ccc(N)cc2F)C1. The van der Waals surface area contributed by atoms with E-state index in [-0.39, 0.29) is 11.1 Å². The number of carbonyl (C=O) groups excluding carboxylic acids is 1. The first-order valence-electron chi connectivity index (χ1n) is 5.38. The third kappa shape index (κ3) is 2.33. The molecule has 1 aliphatic rings. The van der Waals surface area contributed by atoms with Crippen molar-refractivity contribution in [1.82, 2.24) is 0 Å². The Hall–Kier alpha value is -1.78. The van der Waals surface area contributed by atoms with Gasteiger partial charge in [-0.1, -0.05) is 13.8 Å². The highest BCUT2D eigenvalue weighted by Crippen LogP contribution is 2.30. The van der Waals surface area contributed by atoms with Crippen LogP contribution >= 0.6 is 0 Å². The summed E-state index contributed by atoms with van der Waals surface area (Å²) in [6.45, 7) is 4.69. The maximum absolute atomic E-state index is 13.7. The fourth-order valence-electron chi connectivity index (χ4n) is 1.80. The largest absolute Gasteiger partial charge is 0.449 e. The first-order valence-corrected chi connectivity index (χ1v) is 5.38. The van der Waals surface area contributed by atoms with E-state index in [4.69, 9.17) is 10.5 Å². The number of nitrogens with two attached hydrogens (primary N) is 1. The van der Waals surface area contributed by atoms with Gasteiger partial charge < -0.3 is 10.5 Å². The van der Waals surface area contributed by atoms with Crippen LogP contribution in [0, 0.1) is 11.2 Å². The number of nitrogens with zero attached hydrogens (tertiary/aromatic N) is 1. The molecule has 1 amide bonds. The van der Waals surface area contributed by atoms with Crippen LogP contribution in [0.25, 0.3) is 0 Å². The van der Waals surface area contributed by atoms with Crippen LogP contribution in [0.2, 0.25) is 0 Å². The van der Waals surface area contributed by atoms with Gasteiger partial charge in [-0.05, 0) is 18.2 Å². The molecule has 0 aliphatic carbocycles. The average Bonchev–Trinajstić information content (AvgIpc) is 2.22. The zero-order valence-electron chi connectivity index (χ0n) is 9.87. The number of anilines is 2. The number of rotatable bonds is 1. The van der Waals surface area contributed by atoms with Crippen molar-refractivity contribution in [3.63, 3.8) is 0 Å². The third-order valence-corrected chi connectivity index (χ3v) is 2.66. The normalized spacial score (nSPS) is 19.0. The molecule has 5 heteroatoms. The van der Waals surface area contributed by atoms with Crippen molar-refractivity contribution in [2.45, 2.75) is 13.8 Å². The van der Waals surface area contributed by atoms with Crippen molar-refractivity contribution in [3.8, 4) is 0 Å².